The molecule has 6 nitrogen and oxygen atoms in total. The smallest absolute Gasteiger partial charge is 0.254 e. The first-order chi connectivity index (χ1) is 14.2. The van der Waals surface area contributed by atoms with Crippen LogP contribution in [0.25, 0.3) is 0 Å². The van der Waals surface area contributed by atoms with Gasteiger partial charge in [-0.2, -0.15) is 0 Å². The number of carbonyl (C=O) groups is 2. The molecule has 2 aromatic rings. The van der Waals surface area contributed by atoms with Crippen molar-refractivity contribution in [2.75, 3.05) is 47.8 Å². The fraction of sp³-hybridized carbons (Fsp3) is 0.391. The molecule has 2 aromatic carbocycles. The molecule has 3 heterocycles. The van der Waals surface area contributed by atoms with Crippen LogP contribution in [0.3, 0.4) is 0 Å². The Morgan fingerprint density at radius 3 is 2.52 bits per heavy atom. The summed E-state index contributed by atoms with van der Waals surface area (Å²) in [6.07, 6.45) is 3.10. The zero-order chi connectivity index (χ0) is 19.8. The van der Waals surface area contributed by atoms with Crippen molar-refractivity contribution in [3.8, 4) is 0 Å². The van der Waals surface area contributed by atoms with Crippen LogP contribution in [-0.2, 0) is 4.79 Å². The Kier molecular flexibility index (Phi) is 4.62. The van der Waals surface area contributed by atoms with Crippen LogP contribution < -0.4 is 15.1 Å². The van der Waals surface area contributed by atoms with E-state index in [1.54, 1.807) is 0 Å². The molecule has 29 heavy (non-hydrogen) atoms. The number of para-hydroxylation sites is 1. The van der Waals surface area contributed by atoms with Crippen LogP contribution >= 0.6 is 0 Å². The second kappa shape index (κ2) is 7.43. The summed E-state index contributed by atoms with van der Waals surface area (Å²) in [4.78, 5) is 32.0. The molecule has 150 valence electrons. The van der Waals surface area contributed by atoms with Gasteiger partial charge < -0.3 is 20.0 Å². The third-order valence-electron chi connectivity index (χ3n) is 6.30. The molecule has 0 saturated carbocycles. The molecule has 1 unspecified atom stereocenters. The molecule has 5 rings (SSSR count). The van der Waals surface area contributed by atoms with E-state index in [1.165, 1.54) is 5.69 Å². The summed E-state index contributed by atoms with van der Waals surface area (Å²) in [5, 5.41) is 3.03. The van der Waals surface area contributed by atoms with Gasteiger partial charge in [0.25, 0.3) is 5.91 Å². The Balaban J connectivity index is 1.30. The molecule has 2 saturated heterocycles. The maximum atomic E-state index is 13.1. The van der Waals surface area contributed by atoms with Crippen molar-refractivity contribution in [1.82, 2.24) is 4.90 Å². The fourth-order valence-electron chi connectivity index (χ4n) is 4.72. The van der Waals surface area contributed by atoms with Gasteiger partial charge in [-0.3, -0.25) is 9.59 Å². The van der Waals surface area contributed by atoms with E-state index in [1.807, 2.05) is 41.3 Å². The number of benzene rings is 2. The van der Waals surface area contributed by atoms with Crippen molar-refractivity contribution in [1.29, 1.82) is 0 Å². The van der Waals surface area contributed by atoms with Crippen LogP contribution in [0.15, 0.2) is 48.5 Å². The van der Waals surface area contributed by atoms with E-state index in [-0.39, 0.29) is 17.9 Å². The average molecular weight is 390 g/mol. The van der Waals surface area contributed by atoms with Gasteiger partial charge in [-0.1, -0.05) is 18.2 Å². The van der Waals surface area contributed by atoms with E-state index < -0.39 is 0 Å². The number of fused-ring (bicyclic) bond motifs is 3. The summed E-state index contributed by atoms with van der Waals surface area (Å²) >= 11 is 0. The van der Waals surface area contributed by atoms with Crippen molar-refractivity contribution in [3.63, 3.8) is 0 Å². The van der Waals surface area contributed by atoms with E-state index in [9.17, 15) is 9.59 Å². The molecule has 6 heteroatoms. The number of nitrogens with one attached hydrogen (secondary N) is 1. The molecular formula is C23H26N4O2. The Hall–Kier alpha value is -3.02. The highest BCUT2D eigenvalue weighted by Crippen LogP contribution is 2.36. The Morgan fingerprint density at radius 1 is 0.931 bits per heavy atom. The second-order valence-corrected chi connectivity index (χ2v) is 8.04. The SMILES string of the molecule is O=C1Nc2cc(C(=O)N3CCN(c4ccccc4)CC3)ccc2N2CCCCC12. The lowest BCUT2D eigenvalue weighted by molar-refractivity contribution is -0.118. The summed E-state index contributed by atoms with van der Waals surface area (Å²) in [5.74, 6) is 0.0915. The van der Waals surface area contributed by atoms with E-state index >= 15 is 0 Å². The van der Waals surface area contributed by atoms with Gasteiger partial charge in [0.15, 0.2) is 0 Å². The molecular weight excluding hydrogens is 364 g/mol. The second-order valence-electron chi connectivity index (χ2n) is 8.04. The predicted molar refractivity (Wildman–Crippen MR) is 115 cm³/mol. The Bertz CT molecular complexity index is 922. The maximum Gasteiger partial charge on any atom is 0.254 e. The van der Waals surface area contributed by atoms with Gasteiger partial charge >= 0.3 is 0 Å². The third-order valence-corrected chi connectivity index (χ3v) is 6.30. The van der Waals surface area contributed by atoms with Gasteiger partial charge in [0.05, 0.1) is 11.4 Å². The van der Waals surface area contributed by atoms with Gasteiger partial charge in [-0.15, -0.1) is 0 Å². The van der Waals surface area contributed by atoms with Gasteiger partial charge in [0.2, 0.25) is 5.91 Å². The fourth-order valence-corrected chi connectivity index (χ4v) is 4.72. The van der Waals surface area contributed by atoms with Crippen LogP contribution in [0.4, 0.5) is 17.1 Å². The monoisotopic (exact) mass is 390 g/mol. The average Bonchev–Trinajstić information content (AvgIpc) is 2.79. The van der Waals surface area contributed by atoms with Crippen LogP contribution in [0.2, 0.25) is 0 Å². The third kappa shape index (κ3) is 3.33. The molecule has 2 fully saturated rings. The largest absolute Gasteiger partial charge is 0.368 e. The number of nitrogens with zero attached hydrogens (tertiary/aromatic N) is 3. The summed E-state index contributed by atoms with van der Waals surface area (Å²) < 4.78 is 0. The lowest BCUT2D eigenvalue weighted by Gasteiger charge is -2.41. The predicted octanol–water partition coefficient (Wildman–Crippen LogP) is 2.96. The molecule has 0 bridgehead atoms. The first-order valence-corrected chi connectivity index (χ1v) is 10.5. The molecule has 2 amide bonds. The number of hydrogen-bond acceptors (Lipinski definition) is 4. The zero-order valence-corrected chi connectivity index (χ0v) is 16.5. The van der Waals surface area contributed by atoms with Gasteiger partial charge in [0.1, 0.15) is 6.04 Å². The number of piperidine rings is 1. The van der Waals surface area contributed by atoms with Crippen LogP contribution in [-0.4, -0.2) is 55.5 Å². The standard InChI is InChI=1S/C23H26N4O2/c28-22-21-8-4-5-11-27(21)20-10-9-17(16-19(20)24-22)23(29)26-14-12-25(13-15-26)18-6-2-1-3-7-18/h1-3,6-7,9-10,16,21H,4-5,8,11-15H2,(H,24,28). The molecule has 3 aliphatic rings. The zero-order valence-electron chi connectivity index (χ0n) is 16.5. The van der Waals surface area contributed by atoms with Crippen LogP contribution in [0.5, 0.6) is 0 Å². The van der Waals surface area contributed by atoms with Gasteiger partial charge in [-0.25, -0.2) is 0 Å². The van der Waals surface area contributed by atoms with Crippen LogP contribution in [0, 0.1) is 0 Å². The van der Waals surface area contributed by atoms with E-state index in [0.29, 0.717) is 18.7 Å². The maximum absolute atomic E-state index is 13.1. The summed E-state index contributed by atoms with van der Waals surface area (Å²) in [5.41, 5.74) is 3.65. The molecule has 1 N–H and O–H groups in total. The van der Waals surface area contributed by atoms with Crippen molar-refractivity contribution < 1.29 is 9.59 Å². The number of rotatable bonds is 2. The molecule has 0 aromatic heterocycles. The Labute approximate surface area is 171 Å². The van der Waals surface area contributed by atoms with Crippen LogP contribution in [0.1, 0.15) is 29.6 Å². The molecule has 0 aliphatic carbocycles. The number of amides is 2. The minimum atomic E-state index is -0.0659. The summed E-state index contributed by atoms with van der Waals surface area (Å²) in [6.45, 7) is 3.95. The van der Waals surface area contributed by atoms with E-state index in [0.717, 1.165) is 50.3 Å². The first kappa shape index (κ1) is 18.0. The number of hydrogen-bond donors (Lipinski definition) is 1. The molecule has 1 atom stereocenters. The highest BCUT2D eigenvalue weighted by Gasteiger charge is 2.35. The summed E-state index contributed by atoms with van der Waals surface area (Å²) in [7, 11) is 0. The van der Waals surface area contributed by atoms with Crippen molar-refractivity contribution in [3.05, 3.63) is 54.1 Å². The minimum Gasteiger partial charge on any atom is -0.368 e. The first-order valence-electron chi connectivity index (χ1n) is 10.5. The van der Waals surface area contributed by atoms with Crippen molar-refractivity contribution in [2.45, 2.75) is 25.3 Å². The van der Waals surface area contributed by atoms with Crippen molar-refractivity contribution in [2.24, 2.45) is 0 Å². The van der Waals surface area contributed by atoms with Gasteiger partial charge in [0, 0.05) is 44.0 Å². The minimum absolute atomic E-state index is 0.0375. The quantitative estimate of drug-likeness (QED) is 0.857. The van der Waals surface area contributed by atoms with E-state index in [2.05, 4.69) is 27.2 Å². The topological polar surface area (TPSA) is 55.9 Å². The number of piperazine rings is 1. The molecule has 3 aliphatic heterocycles. The number of anilines is 3. The lowest BCUT2D eigenvalue weighted by atomic mass is 9.96. The molecule has 0 spiro atoms. The lowest BCUT2D eigenvalue weighted by Crippen LogP contribution is -2.50. The van der Waals surface area contributed by atoms with E-state index in [4.69, 9.17) is 0 Å². The molecule has 0 radical (unpaired) electrons. The highest BCUT2D eigenvalue weighted by atomic mass is 16.2. The normalized spacial score (nSPS) is 21.3. The Morgan fingerprint density at radius 2 is 1.72 bits per heavy atom. The highest BCUT2D eigenvalue weighted by molar-refractivity contribution is 6.05. The summed E-state index contributed by atoms with van der Waals surface area (Å²) in [6, 6.07) is 16.0. The van der Waals surface area contributed by atoms with Crippen molar-refractivity contribution >= 4 is 28.9 Å². The number of carbonyl (C=O) groups excluding carboxylic acids is 2. The van der Waals surface area contributed by atoms with Gasteiger partial charge in [-0.05, 0) is 49.6 Å².